The summed E-state index contributed by atoms with van der Waals surface area (Å²) in [7, 11) is 0. The molecule has 1 nitrogen and oxygen atoms in total. The largest absolute Gasteiger partial charge is 0.308 e. The lowest BCUT2D eigenvalue weighted by atomic mass is 9.95. The topological polar surface area (TPSA) is 12.0 Å². The van der Waals surface area contributed by atoms with Crippen LogP contribution in [0.3, 0.4) is 0 Å². The number of hydrogen-bond acceptors (Lipinski definition) is 1. The van der Waals surface area contributed by atoms with E-state index in [0.29, 0.717) is 0 Å². The minimum Gasteiger partial charge on any atom is -0.308 e. The van der Waals surface area contributed by atoms with Gasteiger partial charge in [0.05, 0.1) is 0 Å². The van der Waals surface area contributed by atoms with Gasteiger partial charge in [-0.3, -0.25) is 0 Å². The first-order chi connectivity index (χ1) is 7.14. The minimum atomic E-state index is 0.185. The van der Waals surface area contributed by atoms with E-state index in [1.54, 1.807) is 0 Å². The Labute approximate surface area is 93.2 Å². The molecule has 0 bridgehead atoms. The Kier molecular flexibility index (Phi) is 4.57. The quantitative estimate of drug-likeness (QED) is 0.700. The second-order valence-electron chi connectivity index (χ2n) is 4.54. The van der Waals surface area contributed by atoms with Crippen LogP contribution in [0.4, 0.5) is 0 Å². The molecule has 1 aromatic carbocycles. The van der Waals surface area contributed by atoms with E-state index < -0.39 is 0 Å². The number of nitrogens with one attached hydrogen (secondary N) is 1. The van der Waals surface area contributed by atoms with Gasteiger partial charge in [-0.1, -0.05) is 36.4 Å². The second kappa shape index (κ2) is 5.72. The van der Waals surface area contributed by atoms with Gasteiger partial charge in [0, 0.05) is 12.1 Å². The molecule has 0 saturated heterocycles. The SMILES string of the molecule is C=CCNC(C)(C)CCc1ccccc1. The normalized spacial score (nSPS) is 11.3. The highest BCUT2D eigenvalue weighted by Crippen LogP contribution is 2.13. The minimum absolute atomic E-state index is 0.185. The average Bonchev–Trinajstić information content (AvgIpc) is 2.25. The van der Waals surface area contributed by atoms with Gasteiger partial charge >= 0.3 is 0 Å². The maximum Gasteiger partial charge on any atom is 0.0137 e. The summed E-state index contributed by atoms with van der Waals surface area (Å²) < 4.78 is 0. The molecule has 0 heterocycles. The highest BCUT2D eigenvalue weighted by atomic mass is 14.9. The van der Waals surface area contributed by atoms with Crippen molar-refractivity contribution in [2.45, 2.75) is 32.2 Å². The van der Waals surface area contributed by atoms with Gasteiger partial charge in [0.2, 0.25) is 0 Å². The molecule has 1 heteroatoms. The molecule has 0 aliphatic rings. The zero-order valence-corrected chi connectivity index (χ0v) is 9.79. The Morgan fingerprint density at radius 3 is 2.53 bits per heavy atom. The lowest BCUT2D eigenvalue weighted by molar-refractivity contribution is 0.379. The predicted octanol–water partition coefficient (Wildman–Crippen LogP) is 3.17. The summed E-state index contributed by atoms with van der Waals surface area (Å²) in [6.07, 6.45) is 4.17. The Bertz CT molecular complexity index is 287. The van der Waals surface area contributed by atoms with Crippen molar-refractivity contribution in [2.75, 3.05) is 6.54 Å². The molecular weight excluding hydrogens is 182 g/mol. The molecule has 1 N–H and O–H groups in total. The van der Waals surface area contributed by atoms with Gasteiger partial charge in [-0.2, -0.15) is 0 Å². The third kappa shape index (κ3) is 4.80. The number of hydrogen-bond donors (Lipinski definition) is 1. The van der Waals surface area contributed by atoms with Crippen LogP contribution < -0.4 is 5.32 Å². The molecule has 15 heavy (non-hydrogen) atoms. The molecule has 0 saturated carbocycles. The van der Waals surface area contributed by atoms with Gasteiger partial charge in [-0.25, -0.2) is 0 Å². The molecule has 0 spiro atoms. The van der Waals surface area contributed by atoms with Gasteiger partial charge in [0.1, 0.15) is 0 Å². The van der Waals surface area contributed by atoms with Crippen molar-refractivity contribution < 1.29 is 0 Å². The fourth-order valence-corrected chi connectivity index (χ4v) is 1.54. The highest BCUT2D eigenvalue weighted by Gasteiger charge is 2.15. The van der Waals surface area contributed by atoms with Gasteiger partial charge in [0.15, 0.2) is 0 Å². The van der Waals surface area contributed by atoms with Crippen molar-refractivity contribution in [1.29, 1.82) is 0 Å². The van der Waals surface area contributed by atoms with Crippen LogP contribution in [0.1, 0.15) is 25.8 Å². The van der Waals surface area contributed by atoms with Crippen molar-refractivity contribution in [2.24, 2.45) is 0 Å². The average molecular weight is 203 g/mol. The lowest BCUT2D eigenvalue weighted by Gasteiger charge is -2.25. The molecule has 0 fully saturated rings. The fourth-order valence-electron chi connectivity index (χ4n) is 1.54. The van der Waals surface area contributed by atoms with E-state index in [-0.39, 0.29) is 5.54 Å². The molecule has 0 aliphatic heterocycles. The Balaban J connectivity index is 2.39. The number of benzene rings is 1. The van der Waals surface area contributed by atoms with Crippen LogP contribution in [-0.2, 0) is 6.42 Å². The molecule has 0 aliphatic carbocycles. The zero-order valence-electron chi connectivity index (χ0n) is 9.79. The molecule has 0 aromatic heterocycles. The summed E-state index contributed by atoms with van der Waals surface area (Å²) in [5.74, 6) is 0. The van der Waals surface area contributed by atoms with Gasteiger partial charge in [-0.15, -0.1) is 6.58 Å². The van der Waals surface area contributed by atoms with E-state index in [1.165, 1.54) is 5.56 Å². The monoisotopic (exact) mass is 203 g/mol. The maximum atomic E-state index is 3.72. The second-order valence-corrected chi connectivity index (χ2v) is 4.54. The fraction of sp³-hybridized carbons (Fsp3) is 0.429. The van der Waals surface area contributed by atoms with E-state index in [2.05, 4.69) is 56.1 Å². The first-order valence-corrected chi connectivity index (χ1v) is 5.54. The van der Waals surface area contributed by atoms with Crippen LogP contribution >= 0.6 is 0 Å². The summed E-state index contributed by atoms with van der Waals surface area (Å²) in [5, 5.41) is 3.46. The third-order valence-electron chi connectivity index (χ3n) is 2.61. The first kappa shape index (κ1) is 12.0. The molecule has 0 radical (unpaired) electrons. The molecule has 0 unspecified atom stereocenters. The van der Waals surface area contributed by atoms with Crippen molar-refractivity contribution in [3.05, 3.63) is 48.6 Å². The van der Waals surface area contributed by atoms with Crippen LogP contribution in [0, 0.1) is 0 Å². The van der Waals surface area contributed by atoms with Gasteiger partial charge in [-0.05, 0) is 32.3 Å². The molecular formula is C14H21N. The zero-order chi connectivity index (χ0) is 11.1. The predicted molar refractivity (Wildman–Crippen MR) is 67.0 cm³/mol. The van der Waals surface area contributed by atoms with E-state index in [9.17, 15) is 0 Å². The van der Waals surface area contributed by atoms with Crippen LogP contribution in [0.25, 0.3) is 0 Å². The van der Waals surface area contributed by atoms with Crippen molar-refractivity contribution >= 4 is 0 Å². The molecule has 1 aromatic rings. The summed E-state index contributed by atoms with van der Waals surface area (Å²) in [6, 6.07) is 10.6. The Morgan fingerprint density at radius 2 is 1.93 bits per heavy atom. The van der Waals surface area contributed by atoms with Gasteiger partial charge < -0.3 is 5.32 Å². The summed E-state index contributed by atoms with van der Waals surface area (Å²) in [6.45, 7) is 9.07. The molecule has 0 atom stereocenters. The first-order valence-electron chi connectivity index (χ1n) is 5.54. The van der Waals surface area contributed by atoms with Crippen LogP contribution in [0.5, 0.6) is 0 Å². The van der Waals surface area contributed by atoms with Crippen molar-refractivity contribution in [3.8, 4) is 0 Å². The Morgan fingerprint density at radius 1 is 1.27 bits per heavy atom. The number of aryl methyl sites for hydroxylation is 1. The molecule has 82 valence electrons. The van der Waals surface area contributed by atoms with Crippen molar-refractivity contribution in [1.82, 2.24) is 5.32 Å². The smallest absolute Gasteiger partial charge is 0.0137 e. The lowest BCUT2D eigenvalue weighted by Crippen LogP contribution is -2.39. The summed E-state index contributed by atoms with van der Waals surface area (Å²) >= 11 is 0. The van der Waals surface area contributed by atoms with Crippen LogP contribution in [0.15, 0.2) is 43.0 Å². The van der Waals surface area contributed by atoms with Gasteiger partial charge in [0.25, 0.3) is 0 Å². The van der Waals surface area contributed by atoms with E-state index in [4.69, 9.17) is 0 Å². The third-order valence-corrected chi connectivity index (χ3v) is 2.61. The summed E-state index contributed by atoms with van der Waals surface area (Å²) in [5.41, 5.74) is 1.59. The Hall–Kier alpha value is -1.08. The van der Waals surface area contributed by atoms with Crippen LogP contribution in [-0.4, -0.2) is 12.1 Å². The van der Waals surface area contributed by atoms with Crippen LogP contribution in [0.2, 0.25) is 0 Å². The standard InChI is InChI=1S/C14H21N/c1-4-12-15-14(2,3)11-10-13-8-6-5-7-9-13/h4-9,15H,1,10-12H2,2-3H3. The summed E-state index contributed by atoms with van der Waals surface area (Å²) in [4.78, 5) is 0. The molecule has 0 amide bonds. The maximum absolute atomic E-state index is 3.72. The van der Waals surface area contributed by atoms with E-state index in [0.717, 1.165) is 19.4 Å². The number of rotatable bonds is 6. The molecule has 1 rings (SSSR count). The highest BCUT2D eigenvalue weighted by molar-refractivity contribution is 5.15. The van der Waals surface area contributed by atoms with Crippen molar-refractivity contribution in [3.63, 3.8) is 0 Å². The van der Waals surface area contributed by atoms with E-state index in [1.807, 2.05) is 6.08 Å². The van der Waals surface area contributed by atoms with E-state index >= 15 is 0 Å².